The zero-order valence-corrected chi connectivity index (χ0v) is 15.2. The van der Waals surface area contributed by atoms with Crippen molar-refractivity contribution in [2.24, 2.45) is 0 Å². The fraction of sp³-hybridized carbons (Fsp3) is 0.400. The van der Waals surface area contributed by atoms with Gasteiger partial charge in [0.15, 0.2) is 0 Å². The molecular formula is C20H22FN5O. The summed E-state index contributed by atoms with van der Waals surface area (Å²) in [5, 5.41) is 6.25. The van der Waals surface area contributed by atoms with Crippen molar-refractivity contribution in [3.8, 4) is 17.1 Å². The van der Waals surface area contributed by atoms with Crippen LogP contribution in [0.1, 0.15) is 24.3 Å². The van der Waals surface area contributed by atoms with E-state index in [0.29, 0.717) is 24.8 Å². The lowest BCUT2D eigenvalue weighted by molar-refractivity contribution is 0.342. The van der Waals surface area contributed by atoms with Gasteiger partial charge >= 0.3 is 0 Å². The predicted octanol–water partition coefficient (Wildman–Crippen LogP) is 3.00. The number of rotatable bonds is 5. The van der Waals surface area contributed by atoms with Crippen LogP contribution in [0.4, 0.5) is 10.2 Å². The summed E-state index contributed by atoms with van der Waals surface area (Å²) in [4.78, 5) is 9.22. The molecule has 0 spiro atoms. The van der Waals surface area contributed by atoms with E-state index < -0.39 is 6.17 Å². The van der Waals surface area contributed by atoms with Gasteiger partial charge < -0.3 is 15.4 Å². The number of fused-ring (bicyclic) bond motifs is 1. The molecule has 2 atom stereocenters. The molecule has 5 rings (SSSR count). The van der Waals surface area contributed by atoms with Crippen molar-refractivity contribution < 1.29 is 9.13 Å². The lowest BCUT2D eigenvalue weighted by Crippen LogP contribution is -2.29. The topological polar surface area (TPSA) is 63.5 Å². The lowest BCUT2D eigenvalue weighted by Gasteiger charge is -2.15. The van der Waals surface area contributed by atoms with Gasteiger partial charge in [0.1, 0.15) is 23.4 Å². The lowest BCUT2D eigenvalue weighted by atomic mass is 10.1. The van der Waals surface area contributed by atoms with Crippen LogP contribution in [0.5, 0.6) is 5.75 Å². The Hall–Kier alpha value is -2.67. The Labute approximate surface area is 156 Å². The van der Waals surface area contributed by atoms with E-state index in [1.54, 1.807) is 7.11 Å². The molecule has 1 saturated heterocycles. The number of methoxy groups -OCH3 is 1. The molecule has 4 heterocycles. The van der Waals surface area contributed by atoms with Crippen LogP contribution in [0.3, 0.4) is 0 Å². The highest BCUT2D eigenvalue weighted by molar-refractivity contribution is 5.64. The van der Waals surface area contributed by atoms with Crippen molar-refractivity contribution in [1.29, 1.82) is 0 Å². The summed E-state index contributed by atoms with van der Waals surface area (Å²) in [6.45, 7) is 0.990. The average molecular weight is 367 g/mol. The molecule has 0 radical (unpaired) electrons. The van der Waals surface area contributed by atoms with E-state index in [1.165, 1.54) is 18.4 Å². The zero-order chi connectivity index (χ0) is 18.4. The van der Waals surface area contributed by atoms with E-state index in [0.717, 1.165) is 22.8 Å². The molecule has 3 aromatic heterocycles. The first-order valence-electron chi connectivity index (χ1n) is 9.36. The number of alkyl halides is 1. The van der Waals surface area contributed by atoms with Gasteiger partial charge in [-0.25, -0.2) is 14.4 Å². The zero-order valence-electron chi connectivity index (χ0n) is 15.2. The van der Waals surface area contributed by atoms with Gasteiger partial charge in [0.2, 0.25) is 0 Å². The van der Waals surface area contributed by atoms with Crippen LogP contribution in [-0.2, 0) is 0 Å². The third kappa shape index (κ3) is 3.02. The van der Waals surface area contributed by atoms with Gasteiger partial charge in [-0.1, -0.05) is 6.07 Å². The number of hydrogen-bond donors (Lipinski definition) is 2. The maximum atomic E-state index is 13.9. The van der Waals surface area contributed by atoms with E-state index in [9.17, 15) is 4.39 Å². The largest absolute Gasteiger partial charge is 0.496 e. The predicted molar refractivity (Wildman–Crippen MR) is 102 cm³/mol. The molecule has 7 heteroatoms. The molecule has 0 amide bonds. The molecule has 27 heavy (non-hydrogen) atoms. The summed E-state index contributed by atoms with van der Waals surface area (Å²) in [5.41, 5.74) is 3.77. The Morgan fingerprint density at radius 2 is 2.19 bits per heavy atom. The van der Waals surface area contributed by atoms with Crippen LogP contribution in [0.15, 0.2) is 36.7 Å². The highest BCUT2D eigenvalue weighted by Crippen LogP contribution is 2.44. The van der Waals surface area contributed by atoms with Gasteiger partial charge in [0.25, 0.3) is 0 Å². The van der Waals surface area contributed by atoms with Crippen LogP contribution in [0.2, 0.25) is 0 Å². The van der Waals surface area contributed by atoms with E-state index in [1.807, 2.05) is 30.5 Å². The fourth-order valence-corrected chi connectivity index (χ4v) is 3.72. The Morgan fingerprint density at radius 1 is 1.30 bits per heavy atom. The van der Waals surface area contributed by atoms with Gasteiger partial charge in [0, 0.05) is 30.9 Å². The van der Waals surface area contributed by atoms with Crippen LogP contribution >= 0.6 is 0 Å². The summed E-state index contributed by atoms with van der Waals surface area (Å²) in [5.74, 6) is 2.14. The van der Waals surface area contributed by atoms with E-state index in [2.05, 4.69) is 26.2 Å². The maximum Gasteiger partial charge on any atom is 0.140 e. The molecule has 0 aromatic carbocycles. The number of pyridine rings is 2. The van der Waals surface area contributed by atoms with Gasteiger partial charge in [-0.2, -0.15) is 0 Å². The molecule has 0 bridgehead atoms. The first-order valence-corrected chi connectivity index (χ1v) is 9.36. The second kappa shape index (κ2) is 6.49. The normalized spacial score (nSPS) is 22.3. The summed E-state index contributed by atoms with van der Waals surface area (Å²) < 4.78 is 21.5. The first kappa shape index (κ1) is 16.5. The van der Waals surface area contributed by atoms with Crippen molar-refractivity contribution in [3.05, 3.63) is 42.2 Å². The van der Waals surface area contributed by atoms with Crippen LogP contribution < -0.4 is 15.4 Å². The number of ether oxygens (including phenoxy) is 1. The standard InChI is InChI=1S/C20H22FN5O/c1-27-18-7-20-23-10-17(26(20)11-13(18)12-5-6-12)15-3-2-4-19(24-15)25-16-9-22-8-14(16)21/h2-4,7,10-12,14,16,22H,5-6,8-9H2,1H3,(H,24,25)/t14-,16-/m1/s1. The van der Waals surface area contributed by atoms with Crippen LogP contribution in [0.25, 0.3) is 17.0 Å². The number of halogens is 1. The highest BCUT2D eigenvalue weighted by atomic mass is 19.1. The van der Waals surface area contributed by atoms with E-state index >= 15 is 0 Å². The number of aromatic nitrogens is 3. The molecule has 2 aliphatic rings. The Bertz CT molecular complexity index is 984. The van der Waals surface area contributed by atoms with E-state index in [4.69, 9.17) is 9.72 Å². The Kier molecular flexibility index (Phi) is 3.97. The number of nitrogens with one attached hydrogen (secondary N) is 2. The van der Waals surface area contributed by atoms with Crippen molar-refractivity contribution in [2.75, 3.05) is 25.5 Å². The molecule has 1 aliphatic carbocycles. The van der Waals surface area contributed by atoms with Crippen LogP contribution in [-0.4, -0.2) is 46.8 Å². The highest BCUT2D eigenvalue weighted by Gasteiger charge is 2.28. The summed E-state index contributed by atoms with van der Waals surface area (Å²) in [6, 6.07) is 7.49. The minimum Gasteiger partial charge on any atom is -0.496 e. The van der Waals surface area contributed by atoms with Gasteiger partial charge in [-0.3, -0.25) is 4.40 Å². The SMILES string of the molecule is COc1cc2ncc(-c3cccc(N[C@@H]4CNC[C@H]4F)n3)n2cc1C1CC1. The monoisotopic (exact) mass is 367 g/mol. The fourth-order valence-electron chi connectivity index (χ4n) is 3.72. The molecule has 1 saturated carbocycles. The van der Waals surface area contributed by atoms with Crippen molar-refractivity contribution in [2.45, 2.75) is 31.0 Å². The molecule has 6 nitrogen and oxygen atoms in total. The molecule has 0 unspecified atom stereocenters. The van der Waals surface area contributed by atoms with Gasteiger partial charge in [-0.05, 0) is 30.9 Å². The summed E-state index contributed by atoms with van der Waals surface area (Å²) >= 11 is 0. The molecule has 2 fully saturated rings. The number of imidazole rings is 1. The Morgan fingerprint density at radius 3 is 2.93 bits per heavy atom. The number of nitrogens with zero attached hydrogens (tertiary/aromatic N) is 3. The summed E-state index contributed by atoms with van der Waals surface area (Å²) in [6.07, 6.45) is 5.44. The second-order valence-electron chi connectivity index (χ2n) is 7.28. The first-order chi connectivity index (χ1) is 13.2. The Balaban J connectivity index is 1.51. The molecular weight excluding hydrogens is 345 g/mol. The summed E-state index contributed by atoms with van der Waals surface area (Å²) in [7, 11) is 1.70. The molecule has 3 aromatic rings. The van der Waals surface area contributed by atoms with Crippen molar-refractivity contribution >= 4 is 11.5 Å². The quantitative estimate of drug-likeness (QED) is 0.726. The minimum absolute atomic E-state index is 0.249. The molecule has 1 aliphatic heterocycles. The molecule has 2 N–H and O–H groups in total. The van der Waals surface area contributed by atoms with Gasteiger partial charge in [-0.15, -0.1) is 0 Å². The average Bonchev–Trinajstić information content (AvgIpc) is 3.34. The minimum atomic E-state index is -0.903. The second-order valence-corrected chi connectivity index (χ2v) is 7.28. The van der Waals surface area contributed by atoms with Crippen LogP contribution in [0, 0.1) is 0 Å². The smallest absolute Gasteiger partial charge is 0.140 e. The van der Waals surface area contributed by atoms with Gasteiger partial charge in [0.05, 0.1) is 30.7 Å². The third-order valence-electron chi connectivity index (χ3n) is 5.36. The van der Waals surface area contributed by atoms with Crippen molar-refractivity contribution in [3.63, 3.8) is 0 Å². The van der Waals surface area contributed by atoms with E-state index in [-0.39, 0.29) is 6.04 Å². The van der Waals surface area contributed by atoms with Crippen molar-refractivity contribution in [1.82, 2.24) is 19.7 Å². The third-order valence-corrected chi connectivity index (χ3v) is 5.36. The maximum absolute atomic E-state index is 13.9. The number of hydrogen-bond acceptors (Lipinski definition) is 5. The number of anilines is 1. The molecule has 140 valence electrons.